The van der Waals surface area contributed by atoms with Crippen molar-refractivity contribution in [2.45, 2.75) is 19.8 Å². The lowest BCUT2D eigenvalue weighted by Crippen LogP contribution is -2.51. The maximum absolute atomic E-state index is 13.8. The fourth-order valence-electron chi connectivity index (χ4n) is 5.47. The zero-order valence-electron chi connectivity index (χ0n) is 20.9. The predicted molar refractivity (Wildman–Crippen MR) is 140 cm³/mol. The number of halogens is 1. The number of nitrogens with zero attached hydrogens (tertiary/aromatic N) is 3. The standard InChI is InChI=1S/C30H32FN3O2/c1-21-7-9-23(10-8-21)26-19-34(29(35)24-11-13-25(31)14-12-24)20-27(26)30(36)33-17-15-32(16-18-33)28-6-4-3-5-22(28)2/h3-14,26-27H,15-20H2,1-2H3/t26-,27+/m0/s1. The quantitative estimate of drug-likeness (QED) is 0.541. The maximum atomic E-state index is 13.8. The molecule has 186 valence electrons. The highest BCUT2D eigenvalue weighted by atomic mass is 19.1. The SMILES string of the molecule is Cc1ccc([C@@H]2CN(C(=O)c3ccc(F)cc3)C[C@H]2C(=O)N2CCN(c3ccccc3C)CC2)cc1. The first-order chi connectivity index (χ1) is 17.4. The molecule has 5 rings (SSSR count). The highest BCUT2D eigenvalue weighted by Crippen LogP contribution is 2.35. The van der Waals surface area contributed by atoms with Crippen LogP contribution in [0.4, 0.5) is 10.1 Å². The molecule has 0 bridgehead atoms. The van der Waals surface area contributed by atoms with E-state index >= 15 is 0 Å². The summed E-state index contributed by atoms with van der Waals surface area (Å²) in [4.78, 5) is 33.1. The van der Waals surface area contributed by atoms with Gasteiger partial charge in [0.15, 0.2) is 0 Å². The van der Waals surface area contributed by atoms with Crippen molar-refractivity contribution in [1.29, 1.82) is 0 Å². The number of hydrogen-bond acceptors (Lipinski definition) is 3. The van der Waals surface area contributed by atoms with Crippen LogP contribution in [0.25, 0.3) is 0 Å². The number of piperazine rings is 1. The molecule has 3 aromatic carbocycles. The third-order valence-corrected chi connectivity index (χ3v) is 7.57. The highest BCUT2D eigenvalue weighted by molar-refractivity contribution is 5.95. The van der Waals surface area contributed by atoms with E-state index in [9.17, 15) is 14.0 Å². The molecule has 0 N–H and O–H groups in total. The van der Waals surface area contributed by atoms with Crippen LogP contribution in [-0.2, 0) is 4.79 Å². The summed E-state index contributed by atoms with van der Waals surface area (Å²) in [5.74, 6) is -0.798. The van der Waals surface area contributed by atoms with E-state index in [4.69, 9.17) is 0 Å². The number of carbonyl (C=O) groups is 2. The normalized spacial score (nSPS) is 20.0. The van der Waals surface area contributed by atoms with E-state index in [-0.39, 0.29) is 29.5 Å². The fourth-order valence-corrected chi connectivity index (χ4v) is 5.47. The van der Waals surface area contributed by atoms with Crippen molar-refractivity contribution in [3.63, 3.8) is 0 Å². The van der Waals surface area contributed by atoms with Crippen LogP contribution >= 0.6 is 0 Å². The van der Waals surface area contributed by atoms with Crippen molar-refractivity contribution >= 4 is 17.5 Å². The molecule has 2 amide bonds. The Morgan fingerprint density at radius 3 is 2.11 bits per heavy atom. The Labute approximate surface area is 212 Å². The maximum Gasteiger partial charge on any atom is 0.253 e. The van der Waals surface area contributed by atoms with Crippen molar-refractivity contribution in [2.75, 3.05) is 44.2 Å². The Hall–Kier alpha value is -3.67. The molecule has 2 heterocycles. The smallest absolute Gasteiger partial charge is 0.253 e. The summed E-state index contributed by atoms with van der Waals surface area (Å²) in [6, 6.07) is 22.2. The molecule has 0 unspecified atom stereocenters. The molecule has 2 aliphatic rings. The van der Waals surface area contributed by atoms with Gasteiger partial charge in [-0.05, 0) is 55.3 Å². The lowest BCUT2D eigenvalue weighted by atomic mass is 9.87. The van der Waals surface area contributed by atoms with Crippen molar-refractivity contribution < 1.29 is 14.0 Å². The molecule has 2 fully saturated rings. The summed E-state index contributed by atoms with van der Waals surface area (Å²) in [5.41, 5.74) is 5.14. The van der Waals surface area contributed by atoms with Crippen LogP contribution in [0.2, 0.25) is 0 Å². The van der Waals surface area contributed by atoms with Gasteiger partial charge in [-0.25, -0.2) is 4.39 Å². The second-order valence-electron chi connectivity index (χ2n) is 9.94. The zero-order chi connectivity index (χ0) is 25.2. The molecule has 36 heavy (non-hydrogen) atoms. The molecule has 0 aromatic heterocycles. The van der Waals surface area contributed by atoms with Crippen molar-refractivity contribution in [3.8, 4) is 0 Å². The zero-order valence-corrected chi connectivity index (χ0v) is 20.9. The third kappa shape index (κ3) is 4.85. The molecule has 2 saturated heterocycles. The van der Waals surface area contributed by atoms with E-state index in [0.717, 1.165) is 24.2 Å². The van der Waals surface area contributed by atoms with Crippen LogP contribution in [0.5, 0.6) is 0 Å². The first-order valence-electron chi connectivity index (χ1n) is 12.6. The Balaban J connectivity index is 1.34. The number of anilines is 1. The number of para-hydroxylation sites is 1. The topological polar surface area (TPSA) is 43.9 Å². The van der Waals surface area contributed by atoms with Gasteiger partial charge in [0.2, 0.25) is 5.91 Å². The lowest BCUT2D eigenvalue weighted by molar-refractivity contribution is -0.135. The molecule has 0 saturated carbocycles. The molecule has 5 nitrogen and oxygen atoms in total. The minimum atomic E-state index is -0.372. The second kappa shape index (κ2) is 10.1. The van der Waals surface area contributed by atoms with Crippen LogP contribution < -0.4 is 4.90 Å². The van der Waals surface area contributed by atoms with Gasteiger partial charge in [0.25, 0.3) is 5.91 Å². The van der Waals surface area contributed by atoms with E-state index in [1.165, 1.54) is 35.5 Å². The number of aryl methyl sites for hydroxylation is 2. The highest BCUT2D eigenvalue weighted by Gasteiger charge is 2.42. The van der Waals surface area contributed by atoms with Gasteiger partial charge in [-0.15, -0.1) is 0 Å². The number of hydrogen-bond donors (Lipinski definition) is 0. The summed E-state index contributed by atoms with van der Waals surface area (Å²) < 4.78 is 13.4. The Kier molecular flexibility index (Phi) is 6.77. The molecule has 6 heteroatoms. The van der Waals surface area contributed by atoms with E-state index in [2.05, 4.69) is 54.3 Å². The van der Waals surface area contributed by atoms with Crippen LogP contribution in [0.3, 0.4) is 0 Å². The summed E-state index contributed by atoms with van der Waals surface area (Å²) in [5, 5.41) is 0. The van der Waals surface area contributed by atoms with Gasteiger partial charge in [-0.1, -0.05) is 48.0 Å². The van der Waals surface area contributed by atoms with Gasteiger partial charge in [-0.2, -0.15) is 0 Å². The monoisotopic (exact) mass is 485 g/mol. The molecule has 0 radical (unpaired) electrons. The van der Waals surface area contributed by atoms with Gasteiger partial charge in [0.05, 0.1) is 5.92 Å². The summed E-state index contributed by atoms with van der Waals surface area (Å²) in [7, 11) is 0. The molecule has 2 atom stereocenters. The first kappa shape index (κ1) is 24.0. The average molecular weight is 486 g/mol. The van der Waals surface area contributed by atoms with Crippen LogP contribution in [0.15, 0.2) is 72.8 Å². The fraction of sp³-hybridized carbons (Fsp3) is 0.333. The van der Waals surface area contributed by atoms with Gasteiger partial charge in [-0.3, -0.25) is 9.59 Å². The Morgan fingerprint density at radius 2 is 1.44 bits per heavy atom. The van der Waals surface area contributed by atoms with E-state index in [1.807, 2.05) is 17.9 Å². The van der Waals surface area contributed by atoms with Gasteiger partial charge < -0.3 is 14.7 Å². The van der Waals surface area contributed by atoms with Crippen LogP contribution in [-0.4, -0.2) is 60.9 Å². The summed E-state index contributed by atoms with van der Waals surface area (Å²) >= 11 is 0. The van der Waals surface area contributed by atoms with E-state index in [0.29, 0.717) is 31.7 Å². The minimum absolute atomic E-state index is 0.0723. The van der Waals surface area contributed by atoms with Crippen LogP contribution in [0, 0.1) is 25.6 Å². The largest absolute Gasteiger partial charge is 0.368 e. The average Bonchev–Trinajstić information content (AvgIpc) is 3.35. The van der Waals surface area contributed by atoms with E-state index < -0.39 is 0 Å². The Morgan fingerprint density at radius 1 is 0.778 bits per heavy atom. The number of amides is 2. The molecule has 2 aliphatic heterocycles. The molecular formula is C30H32FN3O2. The molecule has 0 spiro atoms. The first-order valence-corrected chi connectivity index (χ1v) is 12.6. The molecular weight excluding hydrogens is 453 g/mol. The second-order valence-corrected chi connectivity index (χ2v) is 9.94. The lowest BCUT2D eigenvalue weighted by Gasteiger charge is -2.38. The van der Waals surface area contributed by atoms with Crippen molar-refractivity contribution in [1.82, 2.24) is 9.80 Å². The van der Waals surface area contributed by atoms with E-state index in [1.54, 1.807) is 4.90 Å². The van der Waals surface area contributed by atoms with Gasteiger partial charge >= 0.3 is 0 Å². The number of benzene rings is 3. The number of likely N-dealkylation sites (tertiary alicyclic amines) is 1. The van der Waals surface area contributed by atoms with Gasteiger partial charge in [0.1, 0.15) is 5.82 Å². The predicted octanol–water partition coefficient (Wildman–Crippen LogP) is 4.65. The molecule has 0 aliphatic carbocycles. The molecule has 3 aromatic rings. The number of carbonyl (C=O) groups excluding carboxylic acids is 2. The Bertz CT molecular complexity index is 1230. The van der Waals surface area contributed by atoms with Crippen molar-refractivity contribution in [2.24, 2.45) is 5.92 Å². The summed E-state index contributed by atoms with van der Waals surface area (Å²) in [6.45, 7) is 7.90. The van der Waals surface area contributed by atoms with Crippen molar-refractivity contribution in [3.05, 3.63) is 101 Å². The van der Waals surface area contributed by atoms with Crippen LogP contribution in [0.1, 0.15) is 33.0 Å². The number of rotatable bonds is 4. The minimum Gasteiger partial charge on any atom is -0.368 e. The summed E-state index contributed by atoms with van der Waals surface area (Å²) in [6.07, 6.45) is 0. The van der Waals surface area contributed by atoms with Gasteiger partial charge in [0, 0.05) is 56.4 Å². The third-order valence-electron chi connectivity index (χ3n) is 7.57.